The molecule has 1 aliphatic rings. The zero-order valence-electron chi connectivity index (χ0n) is 9.15. The molecule has 1 aromatic heterocycles. The fraction of sp³-hybridized carbons (Fsp3) is 0.583. The lowest BCUT2D eigenvalue weighted by Gasteiger charge is -2.28. The fourth-order valence-corrected chi connectivity index (χ4v) is 2.11. The normalized spacial score (nSPS) is 25.2. The van der Waals surface area contributed by atoms with Gasteiger partial charge in [-0.3, -0.25) is 0 Å². The summed E-state index contributed by atoms with van der Waals surface area (Å²) in [5, 5.41) is 21.6. The average molecular weight is 220 g/mol. The van der Waals surface area contributed by atoms with Gasteiger partial charge in [-0.1, -0.05) is 12.8 Å². The largest absolute Gasteiger partial charge is 0.449 e. The first-order valence-electron chi connectivity index (χ1n) is 5.70. The minimum Gasteiger partial charge on any atom is -0.449 e. The maximum atomic E-state index is 9.75. The van der Waals surface area contributed by atoms with Gasteiger partial charge < -0.3 is 14.8 Å². The van der Waals surface area contributed by atoms with Crippen molar-refractivity contribution in [3.05, 3.63) is 23.7 Å². The molecule has 2 N–H and O–H groups in total. The number of nitrogens with zero attached hydrogens (tertiary/aromatic N) is 1. The highest BCUT2D eigenvalue weighted by Crippen LogP contribution is 2.19. The lowest BCUT2D eigenvalue weighted by Crippen LogP contribution is -2.41. The summed E-state index contributed by atoms with van der Waals surface area (Å²) in [5.74, 6) is 1.08. The maximum absolute atomic E-state index is 9.75. The first-order chi connectivity index (χ1) is 7.79. The number of aliphatic hydroxyl groups excluding tert-OH is 1. The van der Waals surface area contributed by atoms with Crippen LogP contribution in [0.3, 0.4) is 0 Å². The van der Waals surface area contributed by atoms with Crippen molar-refractivity contribution in [3.8, 4) is 6.07 Å². The van der Waals surface area contributed by atoms with E-state index in [0.717, 1.165) is 31.4 Å². The van der Waals surface area contributed by atoms with Crippen LogP contribution in [-0.2, 0) is 6.54 Å². The molecule has 0 aliphatic heterocycles. The molecular formula is C12H16N2O2. The van der Waals surface area contributed by atoms with Crippen LogP contribution in [0.15, 0.2) is 16.5 Å². The Morgan fingerprint density at radius 3 is 2.94 bits per heavy atom. The van der Waals surface area contributed by atoms with Crippen LogP contribution in [0.25, 0.3) is 0 Å². The van der Waals surface area contributed by atoms with Gasteiger partial charge in [-0.15, -0.1) is 0 Å². The number of nitriles is 1. The Bertz CT molecular complexity index is 381. The van der Waals surface area contributed by atoms with Crippen LogP contribution in [0, 0.1) is 11.3 Å². The number of hydrogen-bond acceptors (Lipinski definition) is 4. The second-order valence-electron chi connectivity index (χ2n) is 4.22. The fourth-order valence-electron chi connectivity index (χ4n) is 2.11. The van der Waals surface area contributed by atoms with Gasteiger partial charge >= 0.3 is 0 Å². The summed E-state index contributed by atoms with van der Waals surface area (Å²) in [6.45, 7) is 0.573. The molecule has 2 unspecified atom stereocenters. The molecule has 1 saturated carbocycles. The molecule has 1 heterocycles. The first-order valence-corrected chi connectivity index (χ1v) is 5.70. The van der Waals surface area contributed by atoms with Crippen LogP contribution in [0.4, 0.5) is 0 Å². The third-order valence-electron chi connectivity index (χ3n) is 3.04. The molecule has 16 heavy (non-hydrogen) atoms. The van der Waals surface area contributed by atoms with Crippen LogP contribution in [0.5, 0.6) is 0 Å². The topological polar surface area (TPSA) is 69.2 Å². The monoisotopic (exact) mass is 220 g/mol. The van der Waals surface area contributed by atoms with Gasteiger partial charge in [-0.2, -0.15) is 5.26 Å². The second-order valence-corrected chi connectivity index (χ2v) is 4.22. The molecule has 0 saturated heterocycles. The summed E-state index contributed by atoms with van der Waals surface area (Å²) < 4.78 is 5.25. The SMILES string of the molecule is N#Cc1ccc(CNC2CCCCC2O)o1. The summed E-state index contributed by atoms with van der Waals surface area (Å²) in [5.41, 5.74) is 0. The van der Waals surface area contributed by atoms with E-state index in [2.05, 4.69) is 5.32 Å². The van der Waals surface area contributed by atoms with E-state index in [-0.39, 0.29) is 12.1 Å². The number of furan rings is 1. The minimum atomic E-state index is -0.251. The van der Waals surface area contributed by atoms with Crippen molar-refractivity contribution in [1.29, 1.82) is 5.26 Å². The number of nitrogens with one attached hydrogen (secondary N) is 1. The first kappa shape index (κ1) is 11.2. The Kier molecular flexibility index (Phi) is 3.60. The molecule has 1 fully saturated rings. The molecule has 4 heteroatoms. The minimum absolute atomic E-state index is 0.157. The van der Waals surface area contributed by atoms with Crippen LogP contribution < -0.4 is 5.32 Å². The van der Waals surface area contributed by atoms with Crippen LogP contribution in [0.1, 0.15) is 37.2 Å². The summed E-state index contributed by atoms with van der Waals surface area (Å²) in [4.78, 5) is 0. The second kappa shape index (κ2) is 5.15. The molecule has 2 rings (SSSR count). The zero-order valence-corrected chi connectivity index (χ0v) is 9.15. The highest BCUT2D eigenvalue weighted by atomic mass is 16.3. The van der Waals surface area contributed by atoms with Crippen molar-refractivity contribution in [1.82, 2.24) is 5.32 Å². The molecule has 0 radical (unpaired) electrons. The van der Waals surface area contributed by atoms with Crippen molar-refractivity contribution >= 4 is 0 Å². The molecule has 0 bridgehead atoms. The molecule has 1 aromatic rings. The van der Waals surface area contributed by atoms with Crippen molar-refractivity contribution < 1.29 is 9.52 Å². The van der Waals surface area contributed by atoms with Crippen LogP contribution in [-0.4, -0.2) is 17.3 Å². The molecule has 4 nitrogen and oxygen atoms in total. The predicted molar refractivity (Wildman–Crippen MR) is 58.5 cm³/mol. The summed E-state index contributed by atoms with van der Waals surface area (Å²) in [6.07, 6.45) is 3.90. The number of aliphatic hydroxyl groups is 1. The Morgan fingerprint density at radius 1 is 1.44 bits per heavy atom. The van der Waals surface area contributed by atoms with Gasteiger partial charge in [0.05, 0.1) is 12.6 Å². The molecule has 0 aromatic carbocycles. The third-order valence-corrected chi connectivity index (χ3v) is 3.04. The van der Waals surface area contributed by atoms with Gasteiger partial charge in [-0.25, -0.2) is 0 Å². The van der Waals surface area contributed by atoms with Crippen LogP contribution in [0.2, 0.25) is 0 Å². The zero-order chi connectivity index (χ0) is 11.4. The highest BCUT2D eigenvalue weighted by molar-refractivity contribution is 5.19. The highest BCUT2D eigenvalue weighted by Gasteiger charge is 2.22. The van der Waals surface area contributed by atoms with E-state index in [4.69, 9.17) is 9.68 Å². The smallest absolute Gasteiger partial charge is 0.203 e. The van der Waals surface area contributed by atoms with Gasteiger partial charge in [-0.05, 0) is 25.0 Å². The van der Waals surface area contributed by atoms with Crippen molar-refractivity contribution in [3.63, 3.8) is 0 Å². The summed E-state index contributed by atoms with van der Waals surface area (Å²) in [7, 11) is 0. The van der Waals surface area contributed by atoms with Crippen LogP contribution >= 0.6 is 0 Å². The van der Waals surface area contributed by atoms with Gasteiger partial charge in [0.1, 0.15) is 11.8 Å². The van der Waals surface area contributed by atoms with E-state index >= 15 is 0 Å². The molecule has 2 atom stereocenters. The maximum Gasteiger partial charge on any atom is 0.203 e. The quantitative estimate of drug-likeness (QED) is 0.810. The van der Waals surface area contributed by atoms with Crippen molar-refractivity contribution in [2.45, 2.75) is 44.4 Å². The van der Waals surface area contributed by atoms with Crippen molar-refractivity contribution in [2.75, 3.05) is 0 Å². The molecular weight excluding hydrogens is 204 g/mol. The van der Waals surface area contributed by atoms with Gasteiger partial charge in [0.15, 0.2) is 0 Å². The Labute approximate surface area is 94.9 Å². The van der Waals surface area contributed by atoms with E-state index in [1.165, 1.54) is 0 Å². The summed E-state index contributed by atoms with van der Waals surface area (Å²) >= 11 is 0. The summed E-state index contributed by atoms with van der Waals surface area (Å²) in [6, 6.07) is 5.56. The Balaban J connectivity index is 1.84. The van der Waals surface area contributed by atoms with Gasteiger partial charge in [0, 0.05) is 6.04 Å². The van der Waals surface area contributed by atoms with E-state index < -0.39 is 0 Å². The standard InChI is InChI=1S/C12H16N2O2/c13-7-9-5-6-10(16-9)8-14-11-3-1-2-4-12(11)15/h5-6,11-12,14-15H,1-4,8H2. The van der Waals surface area contributed by atoms with E-state index in [1.54, 1.807) is 12.1 Å². The Morgan fingerprint density at radius 2 is 2.25 bits per heavy atom. The van der Waals surface area contributed by atoms with E-state index in [0.29, 0.717) is 12.3 Å². The third kappa shape index (κ3) is 2.63. The lowest BCUT2D eigenvalue weighted by molar-refractivity contribution is 0.0893. The van der Waals surface area contributed by atoms with E-state index in [1.807, 2.05) is 6.07 Å². The molecule has 86 valence electrons. The number of hydrogen-bond donors (Lipinski definition) is 2. The molecule has 0 spiro atoms. The van der Waals surface area contributed by atoms with Gasteiger partial charge in [0.25, 0.3) is 0 Å². The predicted octanol–water partition coefficient (Wildman–Crippen LogP) is 1.54. The van der Waals surface area contributed by atoms with Crippen molar-refractivity contribution in [2.24, 2.45) is 0 Å². The average Bonchev–Trinajstić information content (AvgIpc) is 2.76. The van der Waals surface area contributed by atoms with Gasteiger partial charge in [0.2, 0.25) is 5.76 Å². The lowest BCUT2D eigenvalue weighted by atomic mass is 9.92. The van der Waals surface area contributed by atoms with E-state index in [9.17, 15) is 5.11 Å². The Hall–Kier alpha value is -1.31. The number of rotatable bonds is 3. The molecule has 1 aliphatic carbocycles. The molecule has 0 amide bonds.